The second-order valence-corrected chi connectivity index (χ2v) is 10.3. The number of carbonyl (C=O) groups is 1. The van der Waals surface area contributed by atoms with E-state index in [9.17, 15) is 13.2 Å². The number of carbonyl (C=O) groups excluding carboxylic acids is 1. The molecule has 0 fully saturated rings. The molecular formula is C25H25N3O4S2. The number of rotatable bonds is 10. The van der Waals surface area contributed by atoms with Gasteiger partial charge in [-0.1, -0.05) is 12.1 Å². The number of hydrogen-bond donors (Lipinski definition) is 2. The normalized spacial score (nSPS) is 11.3. The molecule has 2 N–H and O–H groups in total. The Hall–Kier alpha value is -3.43. The van der Waals surface area contributed by atoms with Gasteiger partial charge in [0, 0.05) is 24.2 Å². The van der Waals surface area contributed by atoms with Crippen LogP contribution < -0.4 is 14.8 Å². The Labute approximate surface area is 202 Å². The minimum absolute atomic E-state index is 0.130. The highest BCUT2D eigenvalue weighted by Gasteiger charge is 2.15. The molecule has 1 aromatic heterocycles. The summed E-state index contributed by atoms with van der Waals surface area (Å²) >= 11 is 1.67. The van der Waals surface area contributed by atoms with Crippen LogP contribution in [0.1, 0.15) is 28.7 Å². The number of sulfonamides is 1. The van der Waals surface area contributed by atoms with Crippen LogP contribution >= 0.6 is 11.3 Å². The van der Waals surface area contributed by atoms with Gasteiger partial charge in [-0.25, -0.2) is 13.4 Å². The van der Waals surface area contributed by atoms with E-state index in [-0.39, 0.29) is 10.8 Å². The third kappa shape index (κ3) is 5.92. The largest absolute Gasteiger partial charge is 0.494 e. The van der Waals surface area contributed by atoms with Gasteiger partial charge in [0.25, 0.3) is 15.9 Å². The number of fused-ring (bicyclic) bond motifs is 1. The molecule has 0 aliphatic rings. The lowest BCUT2D eigenvalue weighted by Crippen LogP contribution is -2.24. The zero-order valence-corrected chi connectivity index (χ0v) is 20.3. The molecule has 0 saturated heterocycles. The van der Waals surface area contributed by atoms with Crippen molar-refractivity contribution in [1.29, 1.82) is 0 Å². The first-order chi connectivity index (χ1) is 16.4. The van der Waals surface area contributed by atoms with Crippen LogP contribution in [-0.2, 0) is 16.4 Å². The number of amides is 1. The fourth-order valence-corrected chi connectivity index (χ4v) is 5.42. The molecule has 0 bridgehead atoms. The molecule has 0 aliphatic heterocycles. The van der Waals surface area contributed by atoms with Gasteiger partial charge in [-0.3, -0.25) is 9.52 Å². The van der Waals surface area contributed by atoms with E-state index in [0.717, 1.165) is 23.4 Å². The van der Waals surface area contributed by atoms with Crippen molar-refractivity contribution in [2.75, 3.05) is 17.9 Å². The number of para-hydroxylation sites is 1. The highest BCUT2D eigenvalue weighted by atomic mass is 32.2. The second kappa shape index (κ2) is 10.7. The molecule has 7 nitrogen and oxygen atoms in total. The van der Waals surface area contributed by atoms with Gasteiger partial charge in [0.1, 0.15) is 5.75 Å². The minimum Gasteiger partial charge on any atom is -0.494 e. The fraction of sp³-hybridized carbons (Fsp3) is 0.200. The van der Waals surface area contributed by atoms with E-state index >= 15 is 0 Å². The zero-order chi connectivity index (χ0) is 24.0. The lowest BCUT2D eigenvalue weighted by molar-refractivity contribution is 0.0953. The highest BCUT2D eigenvalue weighted by molar-refractivity contribution is 7.92. The predicted molar refractivity (Wildman–Crippen MR) is 135 cm³/mol. The molecule has 4 aromatic rings. The van der Waals surface area contributed by atoms with Crippen LogP contribution in [0.3, 0.4) is 0 Å². The number of aromatic nitrogens is 1. The Morgan fingerprint density at radius 2 is 1.74 bits per heavy atom. The van der Waals surface area contributed by atoms with E-state index in [0.29, 0.717) is 30.2 Å². The monoisotopic (exact) mass is 495 g/mol. The van der Waals surface area contributed by atoms with Crippen LogP contribution in [0.25, 0.3) is 10.2 Å². The van der Waals surface area contributed by atoms with E-state index in [1.165, 1.54) is 16.8 Å². The Morgan fingerprint density at radius 1 is 1.00 bits per heavy atom. The molecule has 0 unspecified atom stereocenters. The molecule has 0 aliphatic carbocycles. The van der Waals surface area contributed by atoms with Crippen LogP contribution in [0.2, 0.25) is 0 Å². The number of ether oxygens (including phenoxy) is 1. The molecule has 0 saturated carbocycles. The summed E-state index contributed by atoms with van der Waals surface area (Å²) in [6.45, 7) is 2.90. The van der Waals surface area contributed by atoms with Gasteiger partial charge in [0.2, 0.25) is 0 Å². The quantitative estimate of drug-likeness (QED) is 0.306. The van der Waals surface area contributed by atoms with Gasteiger partial charge in [-0.2, -0.15) is 0 Å². The predicted octanol–water partition coefficient (Wildman–Crippen LogP) is 4.86. The number of anilines is 1. The minimum atomic E-state index is -3.74. The molecule has 0 atom stereocenters. The molecule has 4 rings (SSSR count). The maximum atomic E-state index is 12.6. The van der Waals surface area contributed by atoms with E-state index < -0.39 is 10.0 Å². The van der Waals surface area contributed by atoms with Crippen molar-refractivity contribution in [3.05, 3.63) is 83.4 Å². The van der Waals surface area contributed by atoms with E-state index in [2.05, 4.69) is 21.1 Å². The van der Waals surface area contributed by atoms with E-state index in [1.54, 1.807) is 47.7 Å². The van der Waals surface area contributed by atoms with Gasteiger partial charge in [0.15, 0.2) is 0 Å². The average Bonchev–Trinajstić information content (AvgIpc) is 3.25. The van der Waals surface area contributed by atoms with Crippen molar-refractivity contribution in [3.63, 3.8) is 0 Å². The van der Waals surface area contributed by atoms with Crippen LogP contribution in [0.4, 0.5) is 5.69 Å². The Bertz CT molecular complexity index is 1330. The van der Waals surface area contributed by atoms with Crippen LogP contribution in [-0.4, -0.2) is 32.5 Å². The van der Waals surface area contributed by atoms with Crippen molar-refractivity contribution in [2.45, 2.75) is 24.7 Å². The number of thiazole rings is 1. The molecule has 1 amide bonds. The standard InChI is InChI=1S/C25H25N3O4S2/c1-2-32-20-13-15-21(16-14-20)34(30,31)28-19-11-9-18(10-12-19)25(29)26-17-5-8-24-27-22-6-3-4-7-23(22)33-24/h3-4,6-7,9-16,28H,2,5,8,17H2,1H3,(H,26,29). The first-order valence-electron chi connectivity index (χ1n) is 10.9. The highest BCUT2D eigenvalue weighted by Crippen LogP contribution is 2.22. The smallest absolute Gasteiger partial charge is 0.261 e. The van der Waals surface area contributed by atoms with E-state index in [4.69, 9.17) is 4.74 Å². The van der Waals surface area contributed by atoms with Crippen molar-refractivity contribution in [1.82, 2.24) is 10.3 Å². The van der Waals surface area contributed by atoms with Gasteiger partial charge in [-0.15, -0.1) is 11.3 Å². The van der Waals surface area contributed by atoms with Gasteiger partial charge in [0.05, 0.1) is 26.7 Å². The molecule has 0 spiro atoms. The van der Waals surface area contributed by atoms with E-state index in [1.807, 2.05) is 25.1 Å². The number of nitrogens with zero attached hydrogens (tertiary/aromatic N) is 1. The molecule has 9 heteroatoms. The third-order valence-electron chi connectivity index (χ3n) is 5.04. The van der Waals surface area contributed by atoms with Crippen molar-refractivity contribution < 1.29 is 17.9 Å². The fourth-order valence-electron chi connectivity index (χ4n) is 3.36. The second-order valence-electron chi connectivity index (χ2n) is 7.52. The summed E-state index contributed by atoms with van der Waals surface area (Å²) in [5.41, 5.74) is 1.84. The third-order valence-corrected chi connectivity index (χ3v) is 7.53. The number of benzene rings is 3. The summed E-state index contributed by atoms with van der Waals surface area (Å²) in [5.74, 6) is 0.405. The maximum Gasteiger partial charge on any atom is 0.261 e. The number of nitrogens with one attached hydrogen (secondary N) is 2. The SMILES string of the molecule is CCOc1ccc(S(=O)(=O)Nc2ccc(C(=O)NCCCc3nc4ccccc4s3)cc2)cc1. The molecule has 1 heterocycles. The number of hydrogen-bond acceptors (Lipinski definition) is 6. The van der Waals surface area contributed by atoms with Gasteiger partial charge < -0.3 is 10.1 Å². The Morgan fingerprint density at radius 3 is 2.44 bits per heavy atom. The number of aryl methyl sites for hydroxylation is 1. The molecule has 3 aromatic carbocycles. The van der Waals surface area contributed by atoms with Crippen molar-refractivity contribution in [2.24, 2.45) is 0 Å². The first-order valence-corrected chi connectivity index (χ1v) is 13.2. The molecule has 34 heavy (non-hydrogen) atoms. The zero-order valence-electron chi connectivity index (χ0n) is 18.7. The van der Waals surface area contributed by atoms with Crippen LogP contribution in [0.15, 0.2) is 77.7 Å². The van der Waals surface area contributed by atoms with Crippen molar-refractivity contribution in [3.8, 4) is 5.75 Å². The summed E-state index contributed by atoms with van der Waals surface area (Å²) in [5, 5.41) is 3.95. The topological polar surface area (TPSA) is 97.4 Å². The summed E-state index contributed by atoms with van der Waals surface area (Å²) in [6, 6.07) is 20.6. The maximum absolute atomic E-state index is 12.6. The summed E-state index contributed by atoms with van der Waals surface area (Å²) in [4.78, 5) is 17.2. The summed E-state index contributed by atoms with van der Waals surface area (Å²) in [7, 11) is -3.74. The average molecular weight is 496 g/mol. The first kappa shape index (κ1) is 23.7. The molecule has 0 radical (unpaired) electrons. The van der Waals surface area contributed by atoms with Gasteiger partial charge >= 0.3 is 0 Å². The lowest BCUT2D eigenvalue weighted by atomic mass is 10.2. The van der Waals surface area contributed by atoms with Crippen LogP contribution in [0.5, 0.6) is 5.75 Å². The Kier molecular flexibility index (Phi) is 7.44. The van der Waals surface area contributed by atoms with Gasteiger partial charge in [-0.05, 0) is 74.0 Å². The van der Waals surface area contributed by atoms with Crippen molar-refractivity contribution >= 4 is 43.2 Å². The van der Waals surface area contributed by atoms with Crippen LogP contribution in [0, 0.1) is 0 Å². The molecule has 176 valence electrons. The molecular weight excluding hydrogens is 470 g/mol. The Balaban J connectivity index is 1.27. The summed E-state index contributed by atoms with van der Waals surface area (Å²) < 4.78 is 34.2. The lowest BCUT2D eigenvalue weighted by Gasteiger charge is -2.10. The summed E-state index contributed by atoms with van der Waals surface area (Å²) in [6.07, 6.45) is 1.58.